The van der Waals surface area contributed by atoms with Crippen molar-refractivity contribution >= 4 is 5.91 Å². The highest BCUT2D eigenvalue weighted by Gasteiger charge is 2.43. The molecule has 1 amide bonds. The fourth-order valence-electron chi connectivity index (χ4n) is 3.18. The molecule has 5 heteroatoms. The molecule has 0 radical (unpaired) electrons. The lowest BCUT2D eigenvalue weighted by Crippen LogP contribution is -2.44. The summed E-state index contributed by atoms with van der Waals surface area (Å²) in [6, 6.07) is 7.94. The summed E-state index contributed by atoms with van der Waals surface area (Å²) in [6.45, 7) is 4.65. The van der Waals surface area contributed by atoms with Crippen molar-refractivity contribution in [1.82, 2.24) is 14.9 Å². The molecule has 1 aromatic carbocycles. The fourth-order valence-corrected chi connectivity index (χ4v) is 3.18. The molecule has 120 valence electrons. The number of aromatic nitrogens is 2. The van der Waals surface area contributed by atoms with Crippen LogP contribution in [0.15, 0.2) is 36.5 Å². The number of halogens is 1. The number of rotatable bonds is 3. The zero-order valence-electron chi connectivity index (χ0n) is 13.4. The minimum atomic E-state index is -0.469. The molecule has 0 bridgehead atoms. The van der Waals surface area contributed by atoms with Gasteiger partial charge >= 0.3 is 0 Å². The van der Waals surface area contributed by atoms with Gasteiger partial charge in [-0.1, -0.05) is 12.1 Å². The van der Waals surface area contributed by atoms with Crippen LogP contribution >= 0.6 is 0 Å². The average Bonchev–Trinajstić information content (AvgIpc) is 2.93. The first-order valence-corrected chi connectivity index (χ1v) is 7.84. The third-order valence-corrected chi connectivity index (χ3v) is 4.49. The molecule has 23 heavy (non-hydrogen) atoms. The molecule has 0 spiro atoms. The van der Waals surface area contributed by atoms with Gasteiger partial charge in [0.05, 0.1) is 12.0 Å². The highest BCUT2D eigenvalue weighted by Crippen LogP contribution is 2.37. The van der Waals surface area contributed by atoms with Crippen LogP contribution in [-0.4, -0.2) is 27.3 Å². The molecule has 0 aliphatic carbocycles. The van der Waals surface area contributed by atoms with Gasteiger partial charge in [-0.05, 0) is 50.5 Å². The molecule has 0 unspecified atom stereocenters. The van der Waals surface area contributed by atoms with Crippen LogP contribution in [0.25, 0.3) is 0 Å². The number of hydrogen-bond donors (Lipinski definition) is 0. The van der Waals surface area contributed by atoms with Crippen LogP contribution in [0.3, 0.4) is 0 Å². The molecular weight excluding hydrogens is 293 g/mol. The minimum Gasteiger partial charge on any atom is -0.330 e. The highest BCUT2D eigenvalue weighted by molar-refractivity contribution is 5.80. The van der Waals surface area contributed by atoms with Crippen LogP contribution in [0.4, 0.5) is 4.39 Å². The second kappa shape index (κ2) is 6.07. The van der Waals surface area contributed by atoms with Gasteiger partial charge in [0.25, 0.3) is 0 Å². The molecule has 1 fully saturated rings. The molecule has 1 aromatic heterocycles. The van der Waals surface area contributed by atoms with Crippen molar-refractivity contribution in [1.29, 1.82) is 0 Å². The smallest absolute Gasteiger partial charge is 0.227 e. The third kappa shape index (κ3) is 3.09. The van der Waals surface area contributed by atoms with Crippen LogP contribution in [0.2, 0.25) is 0 Å². The second-order valence-electron chi connectivity index (χ2n) is 6.25. The second-order valence-corrected chi connectivity index (χ2v) is 6.25. The quantitative estimate of drug-likeness (QED) is 0.875. The van der Waals surface area contributed by atoms with Crippen molar-refractivity contribution in [3.05, 3.63) is 59.4 Å². The van der Waals surface area contributed by atoms with Gasteiger partial charge in [0.15, 0.2) is 5.82 Å². The zero-order chi connectivity index (χ0) is 16.4. The summed E-state index contributed by atoms with van der Waals surface area (Å²) < 4.78 is 13.0. The number of amides is 1. The summed E-state index contributed by atoms with van der Waals surface area (Å²) in [7, 11) is 0. The summed E-state index contributed by atoms with van der Waals surface area (Å²) in [5, 5.41) is 0. The first-order chi connectivity index (χ1) is 11.0. The van der Waals surface area contributed by atoms with E-state index in [2.05, 4.69) is 9.97 Å². The van der Waals surface area contributed by atoms with Crippen molar-refractivity contribution in [3.63, 3.8) is 0 Å². The Morgan fingerprint density at radius 2 is 2.04 bits per heavy atom. The van der Waals surface area contributed by atoms with E-state index in [1.54, 1.807) is 18.3 Å². The maximum atomic E-state index is 13.0. The van der Waals surface area contributed by atoms with E-state index in [4.69, 9.17) is 0 Å². The number of benzene rings is 1. The van der Waals surface area contributed by atoms with Crippen molar-refractivity contribution in [2.24, 2.45) is 0 Å². The van der Waals surface area contributed by atoms with E-state index in [0.29, 0.717) is 12.4 Å². The normalized spacial score (nSPS) is 20.7. The van der Waals surface area contributed by atoms with E-state index in [0.717, 1.165) is 24.1 Å². The van der Waals surface area contributed by atoms with Crippen LogP contribution < -0.4 is 0 Å². The average molecular weight is 313 g/mol. The van der Waals surface area contributed by atoms with Gasteiger partial charge in [-0.25, -0.2) is 14.4 Å². The number of likely N-dealkylation sites (tertiary alicyclic amines) is 1. The molecule has 0 N–H and O–H groups in total. The lowest BCUT2D eigenvalue weighted by molar-refractivity contribution is -0.134. The van der Waals surface area contributed by atoms with Crippen molar-refractivity contribution in [2.75, 3.05) is 6.54 Å². The van der Waals surface area contributed by atoms with Crippen molar-refractivity contribution in [2.45, 2.75) is 38.6 Å². The van der Waals surface area contributed by atoms with E-state index in [9.17, 15) is 9.18 Å². The van der Waals surface area contributed by atoms with E-state index in [-0.39, 0.29) is 18.1 Å². The van der Waals surface area contributed by atoms with Gasteiger partial charge in [-0.15, -0.1) is 0 Å². The van der Waals surface area contributed by atoms with Gasteiger partial charge in [0, 0.05) is 18.4 Å². The Balaban J connectivity index is 1.83. The Labute approximate surface area is 135 Å². The van der Waals surface area contributed by atoms with Gasteiger partial charge in [0.1, 0.15) is 5.82 Å². The van der Waals surface area contributed by atoms with Crippen LogP contribution in [0, 0.1) is 12.7 Å². The molecule has 1 atom stereocenters. The molecule has 1 aliphatic heterocycles. The van der Waals surface area contributed by atoms with Crippen LogP contribution in [-0.2, 0) is 16.8 Å². The monoisotopic (exact) mass is 313 g/mol. The Bertz CT molecular complexity index is 716. The van der Waals surface area contributed by atoms with Crippen molar-refractivity contribution < 1.29 is 9.18 Å². The van der Waals surface area contributed by atoms with Crippen LogP contribution in [0.5, 0.6) is 0 Å². The lowest BCUT2D eigenvalue weighted by Gasteiger charge is -2.34. The standard InChI is InChI=1S/C18H20FN3O/c1-13-8-10-20-17(21-13)18(2)9-3-11-22(18)16(23)12-14-4-6-15(19)7-5-14/h4-8,10H,3,9,11-12H2,1-2H3/t18-/m0/s1. The van der Waals surface area contributed by atoms with E-state index < -0.39 is 5.54 Å². The third-order valence-electron chi connectivity index (χ3n) is 4.49. The number of carbonyl (C=O) groups excluding carboxylic acids is 1. The Morgan fingerprint density at radius 1 is 1.30 bits per heavy atom. The molecule has 3 rings (SSSR count). The zero-order valence-corrected chi connectivity index (χ0v) is 13.4. The summed E-state index contributed by atoms with van der Waals surface area (Å²) in [6.07, 6.45) is 3.79. The maximum absolute atomic E-state index is 13.0. The molecule has 4 nitrogen and oxygen atoms in total. The first-order valence-electron chi connectivity index (χ1n) is 7.84. The predicted molar refractivity (Wildman–Crippen MR) is 85.2 cm³/mol. The number of carbonyl (C=O) groups is 1. The van der Waals surface area contributed by atoms with Gasteiger partial charge < -0.3 is 4.90 Å². The molecule has 0 saturated carbocycles. The molecule has 1 saturated heterocycles. The summed E-state index contributed by atoms with van der Waals surface area (Å²) in [5.41, 5.74) is 1.24. The summed E-state index contributed by atoms with van der Waals surface area (Å²) >= 11 is 0. The molecule has 2 heterocycles. The highest BCUT2D eigenvalue weighted by atomic mass is 19.1. The first kappa shape index (κ1) is 15.6. The van der Waals surface area contributed by atoms with Crippen molar-refractivity contribution in [3.8, 4) is 0 Å². The Kier molecular flexibility index (Phi) is 4.11. The topological polar surface area (TPSA) is 46.1 Å². The van der Waals surface area contributed by atoms with Gasteiger partial charge in [-0.2, -0.15) is 0 Å². The SMILES string of the molecule is Cc1ccnc([C@]2(C)CCCN2C(=O)Cc2ccc(F)cc2)n1. The Hall–Kier alpha value is -2.30. The summed E-state index contributed by atoms with van der Waals surface area (Å²) in [5.74, 6) is 0.435. The Morgan fingerprint density at radius 3 is 2.74 bits per heavy atom. The molecule has 2 aromatic rings. The fraction of sp³-hybridized carbons (Fsp3) is 0.389. The van der Waals surface area contributed by atoms with E-state index in [1.165, 1.54) is 12.1 Å². The number of nitrogens with zero attached hydrogens (tertiary/aromatic N) is 3. The van der Waals surface area contributed by atoms with Gasteiger partial charge in [0.2, 0.25) is 5.91 Å². The van der Waals surface area contributed by atoms with Gasteiger partial charge in [-0.3, -0.25) is 4.79 Å². The lowest BCUT2D eigenvalue weighted by atomic mass is 9.96. The minimum absolute atomic E-state index is 0.0294. The number of hydrogen-bond acceptors (Lipinski definition) is 3. The summed E-state index contributed by atoms with van der Waals surface area (Å²) in [4.78, 5) is 23.5. The van der Waals surface area contributed by atoms with E-state index in [1.807, 2.05) is 24.8 Å². The number of aryl methyl sites for hydroxylation is 1. The van der Waals surface area contributed by atoms with Crippen LogP contribution in [0.1, 0.15) is 36.8 Å². The largest absolute Gasteiger partial charge is 0.330 e. The predicted octanol–water partition coefficient (Wildman–Crippen LogP) is 3.00. The van der Waals surface area contributed by atoms with E-state index >= 15 is 0 Å². The molecule has 1 aliphatic rings. The maximum Gasteiger partial charge on any atom is 0.227 e. The molecular formula is C18H20FN3O.